The highest BCUT2D eigenvalue weighted by Crippen LogP contribution is 2.23. The van der Waals surface area contributed by atoms with E-state index in [0.29, 0.717) is 12.0 Å². The van der Waals surface area contributed by atoms with Gasteiger partial charge in [-0.2, -0.15) is 5.10 Å². The van der Waals surface area contributed by atoms with Crippen molar-refractivity contribution in [3.05, 3.63) is 72.6 Å². The average Bonchev–Trinajstić information content (AvgIpc) is 3.57. The Morgan fingerprint density at radius 1 is 1.03 bits per heavy atom. The Morgan fingerprint density at radius 2 is 1.82 bits per heavy atom. The molecule has 1 aromatic heterocycles. The largest absolute Gasteiger partial charge is 0.371 e. The Bertz CT molecular complexity index is 1060. The summed E-state index contributed by atoms with van der Waals surface area (Å²) in [6.45, 7) is 4.17. The van der Waals surface area contributed by atoms with Crippen LogP contribution >= 0.6 is 0 Å². The third-order valence-electron chi connectivity index (χ3n) is 5.95. The second-order valence-electron chi connectivity index (χ2n) is 8.40. The fraction of sp³-hybridized carbons (Fsp3) is 0.346. The molecular weight excluding hydrogens is 414 g/mol. The highest BCUT2D eigenvalue weighted by Gasteiger charge is 2.22. The number of benzene rings is 2. The van der Waals surface area contributed by atoms with Crippen molar-refractivity contribution in [1.29, 1.82) is 0 Å². The summed E-state index contributed by atoms with van der Waals surface area (Å²) < 4.78 is 1.73. The molecule has 1 aliphatic heterocycles. The monoisotopic (exact) mass is 445 g/mol. The number of aromatic nitrogens is 2. The zero-order chi connectivity index (χ0) is 23.0. The smallest absolute Gasteiger partial charge is 0.251 e. The lowest BCUT2D eigenvalue weighted by atomic mass is 10.1. The number of nitrogens with one attached hydrogen (secondary N) is 2. The highest BCUT2D eigenvalue weighted by atomic mass is 16.2. The standard InChI is InChI=1S/C26H31N5O2/c1-2-3-10-24(26(33)28-21-8-6-9-23(19-21)30-16-4-5-17-30)29-25(32)20-11-13-22(14-12-20)31-18-7-15-27-31/h6-9,11-15,18-19,24H,2-5,10,16-17H2,1H3,(H,28,33)(H,29,32). The number of carbonyl (C=O) groups excluding carboxylic acids is 2. The molecule has 0 aliphatic carbocycles. The second-order valence-corrected chi connectivity index (χ2v) is 8.40. The van der Waals surface area contributed by atoms with Gasteiger partial charge in [-0.05, 0) is 67.8 Å². The molecule has 7 nitrogen and oxygen atoms in total. The molecule has 7 heteroatoms. The van der Waals surface area contributed by atoms with Crippen LogP contribution in [0.4, 0.5) is 11.4 Å². The first kappa shape index (κ1) is 22.6. The van der Waals surface area contributed by atoms with Crippen molar-refractivity contribution in [3.63, 3.8) is 0 Å². The lowest BCUT2D eigenvalue weighted by Crippen LogP contribution is -2.43. The molecular formula is C26H31N5O2. The molecule has 1 aliphatic rings. The van der Waals surface area contributed by atoms with E-state index in [2.05, 4.69) is 33.6 Å². The molecule has 2 amide bonds. The number of unbranched alkanes of at least 4 members (excludes halogenated alkanes) is 1. The molecule has 0 bridgehead atoms. The van der Waals surface area contributed by atoms with Crippen molar-refractivity contribution in [2.75, 3.05) is 23.3 Å². The summed E-state index contributed by atoms with van der Waals surface area (Å²) in [5.74, 6) is -0.451. The maximum atomic E-state index is 13.1. The average molecular weight is 446 g/mol. The fourth-order valence-corrected chi connectivity index (χ4v) is 4.09. The lowest BCUT2D eigenvalue weighted by molar-refractivity contribution is -0.118. The summed E-state index contributed by atoms with van der Waals surface area (Å²) in [5, 5.41) is 10.1. The molecule has 2 aromatic carbocycles. The van der Waals surface area contributed by atoms with Gasteiger partial charge in [0.1, 0.15) is 6.04 Å². The Hall–Kier alpha value is -3.61. The minimum absolute atomic E-state index is 0.191. The van der Waals surface area contributed by atoms with Crippen LogP contribution in [0.5, 0.6) is 0 Å². The van der Waals surface area contributed by atoms with Gasteiger partial charge < -0.3 is 15.5 Å². The van der Waals surface area contributed by atoms with Crippen LogP contribution in [0, 0.1) is 0 Å². The van der Waals surface area contributed by atoms with Crippen molar-refractivity contribution in [2.24, 2.45) is 0 Å². The van der Waals surface area contributed by atoms with Gasteiger partial charge in [-0.15, -0.1) is 0 Å². The minimum atomic E-state index is -0.598. The summed E-state index contributed by atoms with van der Waals surface area (Å²) in [5.41, 5.74) is 3.26. The predicted molar refractivity (Wildman–Crippen MR) is 131 cm³/mol. The van der Waals surface area contributed by atoms with Gasteiger partial charge in [0.2, 0.25) is 5.91 Å². The van der Waals surface area contributed by atoms with Crippen LogP contribution in [0.2, 0.25) is 0 Å². The first-order chi connectivity index (χ1) is 16.1. The number of nitrogens with zero attached hydrogens (tertiary/aromatic N) is 3. The Balaban J connectivity index is 1.42. The van der Waals surface area contributed by atoms with E-state index in [0.717, 1.165) is 43.0 Å². The summed E-state index contributed by atoms with van der Waals surface area (Å²) in [7, 11) is 0. The van der Waals surface area contributed by atoms with E-state index in [4.69, 9.17) is 0 Å². The van der Waals surface area contributed by atoms with Crippen LogP contribution in [0.3, 0.4) is 0 Å². The van der Waals surface area contributed by atoms with Gasteiger partial charge in [-0.3, -0.25) is 9.59 Å². The minimum Gasteiger partial charge on any atom is -0.371 e. The van der Waals surface area contributed by atoms with Crippen LogP contribution in [-0.2, 0) is 4.79 Å². The molecule has 0 saturated carbocycles. The molecule has 1 unspecified atom stereocenters. The summed E-state index contributed by atoms with van der Waals surface area (Å²) >= 11 is 0. The van der Waals surface area contributed by atoms with Gasteiger partial charge in [0.15, 0.2) is 0 Å². The Labute approximate surface area is 194 Å². The molecule has 0 radical (unpaired) electrons. The SMILES string of the molecule is CCCCC(NC(=O)c1ccc(-n2cccn2)cc1)C(=O)Nc1cccc(N2CCCC2)c1. The van der Waals surface area contributed by atoms with Crippen molar-refractivity contribution < 1.29 is 9.59 Å². The zero-order valence-corrected chi connectivity index (χ0v) is 19.0. The van der Waals surface area contributed by atoms with E-state index >= 15 is 0 Å². The van der Waals surface area contributed by atoms with Crippen molar-refractivity contribution in [2.45, 2.75) is 45.1 Å². The summed E-state index contributed by atoms with van der Waals surface area (Å²) in [6.07, 6.45) is 8.34. The normalized spacial score (nSPS) is 14.2. The number of amides is 2. The number of carbonyl (C=O) groups is 2. The van der Waals surface area contributed by atoms with E-state index in [1.165, 1.54) is 12.8 Å². The predicted octanol–water partition coefficient (Wildman–Crippen LogP) is 4.40. The lowest BCUT2D eigenvalue weighted by Gasteiger charge is -2.21. The number of hydrogen-bond donors (Lipinski definition) is 2. The fourth-order valence-electron chi connectivity index (χ4n) is 4.09. The van der Waals surface area contributed by atoms with E-state index in [1.54, 1.807) is 23.0 Å². The van der Waals surface area contributed by atoms with Crippen LogP contribution in [0.25, 0.3) is 5.69 Å². The van der Waals surface area contributed by atoms with Crippen molar-refractivity contribution >= 4 is 23.2 Å². The van der Waals surface area contributed by atoms with Crippen LogP contribution in [0.15, 0.2) is 67.0 Å². The van der Waals surface area contributed by atoms with Gasteiger partial charge in [0.05, 0.1) is 5.69 Å². The quantitative estimate of drug-likeness (QED) is 0.512. The molecule has 1 atom stereocenters. The van der Waals surface area contributed by atoms with Gasteiger partial charge in [-0.1, -0.05) is 25.8 Å². The first-order valence-corrected chi connectivity index (χ1v) is 11.7. The van der Waals surface area contributed by atoms with Gasteiger partial charge in [-0.25, -0.2) is 4.68 Å². The third kappa shape index (κ3) is 5.80. The summed E-state index contributed by atoms with van der Waals surface area (Å²) in [6, 6.07) is 16.4. The zero-order valence-electron chi connectivity index (χ0n) is 19.0. The molecule has 2 heterocycles. The van der Waals surface area contributed by atoms with Gasteiger partial charge in [0.25, 0.3) is 5.91 Å². The summed E-state index contributed by atoms with van der Waals surface area (Å²) in [4.78, 5) is 28.3. The topological polar surface area (TPSA) is 79.3 Å². The van der Waals surface area contributed by atoms with Crippen molar-refractivity contribution in [1.82, 2.24) is 15.1 Å². The van der Waals surface area contributed by atoms with E-state index in [9.17, 15) is 9.59 Å². The first-order valence-electron chi connectivity index (χ1n) is 11.7. The maximum absolute atomic E-state index is 13.1. The molecule has 4 rings (SSSR count). The molecule has 33 heavy (non-hydrogen) atoms. The maximum Gasteiger partial charge on any atom is 0.251 e. The van der Waals surface area contributed by atoms with Crippen LogP contribution in [-0.4, -0.2) is 40.7 Å². The highest BCUT2D eigenvalue weighted by molar-refractivity contribution is 6.01. The molecule has 2 N–H and O–H groups in total. The molecule has 1 saturated heterocycles. The van der Waals surface area contributed by atoms with E-state index in [-0.39, 0.29) is 11.8 Å². The van der Waals surface area contributed by atoms with Crippen LogP contribution in [0.1, 0.15) is 49.4 Å². The Kier molecular flexibility index (Phi) is 7.40. The number of hydrogen-bond acceptors (Lipinski definition) is 4. The number of anilines is 2. The molecule has 1 fully saturated rings. The van der Waals surface area contributed by atoms with Gasteiger partial charge in [0, 0.05) is 42.4 Å². The van der Waals surface area contributed by atoms with Gasteiger partial charge >= 0.3 is 0 Å². The molecule has 0 spiro atoms. The van der Waals surface area contributed by atoms with Crippen molar-refractivity contribution in [3.8, 4) is 5.69 Å². The second kappa shape index (κ2) is 10.8. The van der Waals surface area contributed by atoms with Crippen LogP contribution < -0.4 is 15.5 Å². The molecule has 3 aromatic rings. The molecule has 172 valence electrons. The number of rotatable bonds is 9. The Morgan fingerprint density at radius 3 is 2.52 bits per heavy atom. The van der Waals surface area contributed by atoms with E-state index in [1.807, 2.05) is 42.6 Å². The third-order valence-corrected chi connectivity index (χ3v) is 5.95. The van der Waals surface area contributed by atoms with E-state index < -0.39 is 6.04 Å².